The van der Waals surface area contributed by atoms with E-state index in [0.717, 1.165) is 50.4 Å². The highest BCUT2D eigenvalue weighted by atomic mass is 16.1. The number of carbonyl (C=O) groups is 1. The lowest BCUT2D eigenvalue weighted by Gasteiger charge is -2.20. The van der Waals surface area contributed by atoms with Crippen LogP contribution in [0.15, 0.2) is 30.9 Å². The van der Waals surface area contributed by atoms with Gasteiger partial charge in [0.15, 0.2) is 0 Å². The van der Waals surface area contributed by atoms with Crippen molar-refractivity contribution in [3.63, 3.8) is 0 Å². The molecular formula is C16H20N6O. The van der Waals surface area contributed by atoms with Crippen molar-refractivity contribution in [1.29, 1.82) is 0 Å². The SMILES string of the molecule is NC(=O)c1cc(CC2CCCN(c3ncccn3)CC2)ncn1. The van der Waals surface area contributed by atoms with E-state index in [1.165, 1.54) is 6.33 Å². The minimum atomic E-state index is -0.512. The molecule has 0 saturated carbocycles. The Morgan fingerprint density at radius 1 is 1.17 bits per heavy atom. The van der Waals surface area contributed by atoms with E-state index in [1.807, 2.05) is 6.07 Å². The van der Waals surface area contributed by atoms with Crippen molar-refractivity contribution in [1.82, 2.24) is 19.9 Å². The maximum absolute atomic E-state index is 11.2. The van der Waals surface area contributed by atoms with Gasteiger partial charge in [0.05, 0.1) is 0 Å². The number of anilines is 1. The molecule has 0 aliphatic carbocycles. The molecule has 2 aromatic heterocycles. The standard InChI is InChI=1S/C16H20N6O/c17-15(23)14-10-13(20-11-21-14)9-12-3-1-7-22(8-4-12)16-18-5-2-6-19-16/h2,5-6,10-12H,1,3-4,7-9H2,(H2,17,23). The van der Waals surface area contributed by atoms with Crippen molar-refractivity contribution in [2.75, 3.05) is 18.0 Å². The summed E-state index contributed by atoms with van der Waals surface area (Å²) in [6, 6.07) is 3.53. The third kappa shape index (κ3) is 4.00. The number of primary amides is 1. The van der Waals surface area contributed by atoms with Crippen LogP contribution in [0.3, 0.4) is 0 Å². The van der Waals surface area contributed by atoms with Gasteiger partial charge in [0.2, 0.25) is 5.95 Å². The Hall–Kier alpha value is -2.57. The lowest BCUT2D eigenvalue weighted by molar-refractivity contribution is 0.0995. The molecule has 1 aliphatic rings. The Labute approximate surface area is 135 Å². The van der Waals surface area contributed by atoms with Crippen LogP contribution in [0.1, 0.15) is 35.4 Å². The van der Waals surface area contributed by atoms with Crippen LogP contribution in [0, 0.1) is 5.92 Å². The topological polar surface area (TPSA) is 97.9 Å². The Morgan fingerprint density at radius 2 is 2.00 bits per heavy atom. The molecule has 120 valence electrons. The molecule has 1 unspecified atom stereocenters. The predicted molar refractivity (Wildman–Crippen MR) is 85.8 cm³/mol. The number of aromatic nitrogens is 4. The van der Waals surface area contributed by atoms with Crippen molar-refractivity contribution in [2.45, 2.75) is 25.7 Å². The molecule has 2 aromatic rings. The van der Waals surface area contributed by atoms with Crippen LogP contribution in [0.25, 0.3) is 0 Å². The molecule has 1 saturated heterocycles. The average molecular weight is 312 g/mol. The first-order valence-corrected chi connectivity index (χ1v) is 7.85. The van der Waals surface area contributed by atoms with Crippen molar-refractivity contribution in [3.05, 3.63) is 42.2 Å². The lowest BCUT2D eigenvalue weighted by atomic mass is 9.95. The van der Waals surface area contributed by atoms with E-state index in [4.69, 9.17) is 5.73 Å². The molecule has 0 bridgehead atoms. The predicted octanol–water partition coefficient (Wildman–Crippen LogP) is 1.21. The molecule has 1 aliphatic heterocycles. The summed E-state index contributed by atoms with van der Waals surface area (Å²) in [6.07, 6.45) is 9.07. The molecule has 1 atom stereocenters. The second-order valence-corrected chi connectivity index (χ2v) is 5.80. The van der Waals surface area contributed by atoms with Gasteiger partial charge in [-0.1, -0.05) is 0 Å². The minimum Gasteiger partial charge on any atom is -0.364 e. The fourth-order valence-corrected chi connectivity index (χ4v) is 2.96. The summed E-state index contributed by atoms with van der Waals surface area (Å²) >= 11 is 0. The van der Waals surface area contributed by atoms with Crippen LogP contribution >= 0.6 is 0 Å². The molecule has 1 fully saturated rings. The zero-order valence-corrected chi connectivity index (χ0v) is 12.9. The minimum absolute atomic E-state index is 0.280. The highest BCUT2D eigenvalue weighted by Crippen LogP contribution is 2.23. The first-order valence-electron chi connectivity index (χ1n) is 7.85. The number of amides is 1. The summed E-state index contributed by atoms with van der Waals surface area (Å²) in [5, 5.41) is 0. The molecule has 3 rings (SSSR count). The second-order valence-electron chi connectivity index (χ2n) is 5.80. The summed E-state index contributed by atoms with van der Waals surface area (Å²) in [5.41, 5.74) is 6.43. The number of hydrogen-bond acceptors (Lipinski definition) is 6. The Balaban J connectivity index is 1.62. The second kappa shape index (κ2) is 7.13. The van der Waals surface area contributed by atoms with Crippen LogP contribution in [0.2, 0.25) is 0 Å². The Bertz CT molecular complexity index is 663. The molecule has 0 spiro atoms. The molecule has 23 heavy (non-hydrogen) atoms. The average Bonchev–Trinajstić information content (AvgIpc) is 2.81. The Morgan fingerprint density at radius 3 is 2.78 bits per heavy atom. The number of hydrogen-bond donors (Lipinski definition) is 1. The van der Waals surface area contributed by atoms with Crippen molar-refractivity contribution < 1.29 is 4.79 Å². The summed E-state index contributed by atoms with van der Waals surface area (Å²) in [6.45, 7) is 1.90. The largest absolute Gasteiger partial charge is 0.364 e. The van der Waals surface area contributed by atoms with E-state index in [9.17, 15) is 4.79 Å². The summed E-state index contributed by atoms with van der Waals surface area (Å²) in [5.74, 6) is 0.812. The maximum atomic E-state index is 11.2. The van der Waals surface area contributed by atoms with Crippen LogP contribution in [0.4, 0.5) is 5.95 Å². The molecule has 7 heteroatoms. The highest BCUT2D eigenvalue weighted by Gasteiger charge is 2.19. The smallest absolute Gasteiger partial charge is 0.267 e. The number of nitrogens with two attached hydrogens (primary N) is 1. The highest BCUT2D eigenvalue weighted by molar-refractivity contribution is 5.90. The zero-order chi connectivity index (χ0) is 16.1. The molecule has 7 nitrogen and oxygen atoms in total. The summed E-state index contributed by atoms with van der Waals surface area (Å²) in [7, 11) is 0. The van der Waals surface area contributed by atoms with E-state index >= 15 is 0 Å². The maximum Gasteiger partial charge on any atom is 0.267 e. The van der Waals surface area contributed by atoms with Gasteiger partial charge in [-0.2, -0.15) is 0 Å². The van der Waals surface area contributed by atoms with Crippen LogP contribution < -0.4 is 10.6 Å². The van der Waals surface area contributed by atoms with E-state index < -0.39 is 5.91 Å². The van der Waals surface area contributed by atoms with Gasteiger partial charge in [0, 0.05) is 31.2 Å². The van der Waals surface area contributed by atoms with Gasteiger partial charge in [-0.25, -0.2) is 19.9 Å². The van der Waals surface area contributed by atoms with Gasteiger partial charge in [0.25, 0.3) is 5.91 Å². The lowest BCUT2D eigenvalue weighted by Crippen LogP contribution is -2.26. The van der Waals surface area contributed by atoms with Gasteiger partial charge in [-0.15, -0.1) is 0 Å². The van der Waals surface area contributed by atoms with Crippen LogP contribution in [-0.2, 0) is 6.42 Å². The molecule has 0 radical (unpaired) electrons. The third-order valence-electron chi connectivity index (χ3n) is 4.16. The number of nitrogens with zero attached hydrogens (tertiary/aromatic N) is 5. The van der Waals surface area contributed by atoms with Gasteiger partial charge in [-0.05, 0) is 43.7 Å². The number of carbonyl (C=O) groups excluding carboxylic acids is 1. The number of rotatable bonds is 4. The monoisotopic (exact) mass is 312 g/mol. The zero-order valence-electron chi connectivity index (χ0n) is 12.9. The first-order chi connectivity index (χ1) is 11.2. The van der Waals surface area contributed by atoms with E-state index in [-0.39, 0.29) is 5.69 Å². The van der Waals surface area contributed by atoms with E-state index in [2.05, 4.69) is 24.8 Å². The van der Waals surface area contributed by atoms with Gasteiger partial charge >= 0.3 is 0 Å². The normalized spacial score (nSPS) is 18.4. The molecule has 2 N–H and O–H groups in total. The van der Waals surface area contributed by atoms with Crippen LogP contribution in [0.5, 0.6) is 0 Å². The quantitative estimate of drug-likeness (QED) is 0.911. The van der Waals surface area contributed by atoms with Crippen molar-refractivity contribution in [2.24, 2.45) is 11.7 Å². The summed E-state index contributed by atoms with van der Waals surface area (Å²) < 4.78 is 0. The molecule has 1 amide bonds. The van der Waals surface area contributed by atoms with Gasteiger partial charge in [-0.3, -0.25) is 4.79 Å². The third-order valence-corrected chi connectivity index (χ3v) is 4.16. The van der Waals surface area contributed by atoms with Crippen molar-refractivity contribution in [3.8, 4) is 0 Å². The fourth-order valence-electron chi connectivity index (χ4n) is 2.96. The van der Waals surface area contributed by atoms with E-state index in [0.29, 0.717) is 5.92 Å². The van der Waals surface area contributed by atoms with Crippen molar-refractivity contribution >= 4 is 11.9 Å². The van der Waals surface area contributed by atoms with Gasteiger partial charge in [0.1, 0.15) is 12.0 Å². The summed E-state index contributed by atoms with van der Waals surface area (Å²) in [4.78, 5) is 30.3. The first kappa shape index (κ1) is 15.3. The van der Waals surface area contributed by atoms with Gasteiger partial charge < -0.3 is 10.6 Å². The molecule has 3 heterocycles. The fraction of sp³-hybridized carbons (Fsp3) is 0.438. The Kier molecular flexibility index (Phi) is 4.75. The molecular weight excluding hydrogens is 292 g/mol. The van der Waals surface area contributed by atoms with E-state index in [1.54, 1.807) is 18.5 Å². The molecule has 0 aromatic carbocycles. The van der Waals surface area contributed by atoms with Crippen LogP contribution in [-0.4, -0.2) is 38.9 Å².